The van der Waals surface area contributed by atoms with Crippen LogP contribution in [0.4, 0.5) is 51.5 Å². The van der Waals surface area contributed by atoms with E-state index < -0.39 is 40.8 Å². The maximum atomic E-state index is 14.3. The van der Waals surface area contributed by atoms with Gasteiger partial charge < -0.3 is 68.9 Å². The van der Waals surface area contributed by atoms with E-state index in [0.29, 0.717) is 63.9 Å². The fourth-order valence-electron chi connectivity index (χ4n) is 13.5. The summed E-state index contributed by atoms with van der Waals surface area (Å²) < 4.78 is 57.9. The van der Waals surface area contributed by atoms with Crippen LogP contribution in [0.3, 0.4) is 0 Å². The minimum Gasteiger partial charge on any atom is -0.444 e. The molecule has 15 heterocycles. The van der Waals surface area contributed by atoms with Crippen LogP contribution in [0.25, 0.3) is 16.9 Å². The zero-order chi connectivity index (χ0) is 72.5. The lowest BCUT2D eigenvalue weighted by Gasteiger charge is -2.54. The molecule has 0 radical (unpaired) electrons. The smallest absolute Gasteiger partial charge is 0.410 e. The molecule has 15 rings (SSSR count). The highest BCUT2D eigenvalue weighted by atomic mass is 35.5. The number of carbonyl (C=O) groups excluding carboxylic acids is 5. The van der Waals surface area contributed by atoms with E-state index in [-0.39, 0.29) is 74.8 Å². The Labute approximate surface area is 603 Å². The summed E-state index contributed by atoms with van der Waals surface area (Å²) in [7, 11) is 0. The van der Waals surface area contributed by atoms with Crippen LogP contribution >= 0.6 is 24.0 Å². The summed E-state index contributed by atoms with van der Waals surface area (Å²) in [5.74, 6) is -1.52. The molecule has 6 aliphatic heterocycles. The van der Waals surface area contributed by atoms with E-state index in [2.05, 4.69) is 81.2 Å². The number of hydrogen-bond donors (Lipinski definition) is 5. The van der Waals surface area contributed by atoms with Gasteiger partial charge in [-0.15, -0.1) is 12.4 Å². The number of pyridine rings is 3. The summed E-state index contributed by atoms with van der Waals surface area (Å²) in [4.78, 5) is 107. The lowest BCUT2D eigenvalue weighted by Crippen LogP contribution is -2.64. The highest BCUT2D eigenvalue weighted by molar-refractivity contribution is 6.29. The molecule has 0 saturated carbocycles. The number of nitrogens with zero attached hydrogens (tertiary/aromatic N) is 16. The molecule has 0 bridgehead atoms. The van der Waals surface area contributed by atoms with E-state index in [1.54, 1.807) is 79.6 Å². The summed E-state index contributed by atoms with van der Waals surface area (Å²) in [6.45, 7) is 27.4. The molecule has 0 unspecified atom stereocenters. The van der Waals surface area contributed by atoms with E-state index in [1.807, 2.05) is 46.4 Å². The fourth-order valence-corrected chi connectivity index (χ4v) is 13.6. The highest BCUT2D eigenvalue weighted by Gasteiger charge is 2.48. The lowest BCUT2D eigenvalue weighted by atomic mass is 9.73. The largest absolute Gasteiger partial charge is 0.444 e. The first-order chi connectivity index (χ1) is 48.4. The molecule has 28 nitrogen and oxygen atoms in total. The van der Waals surface area contributed by atoms with E-state index in [1.165, 1.54) is 71.1 Å². The Morgan fingerprint density at radius 3 is 1.19 bits per heavy atom. The molecule has 9 aromatic rings. The van der Waals surface area contributed by atoms with Crippen molar-refractivity contribution in [2.24, 2.45) is 16.2 Å². The number of nitrogens with one attached hydrogen (secondary N) is 5. The number of carbonyl (C=O) groups is 5. The van der Waals surface area contributed by atoms with Crippen LogP contribution in [0.15, 0.2) is 92.6 Å². The van der Waals surface area contributed by atoms with Gasteiger partial charge in [0.25, 0.3) is 17.7 Å². The molecule has 6 fully saturated rings. The highest BCUT2D eigenvalue weighted by Crippen LogP contribution is 2.42. The number of likely N-dealkylation sites (tertiary alicyclic amines) is 2. The first-order valence-electron chi connectivity index (χ1n) is 33.8. The Bertz CT molecular complexity index is 4580. The number of ether oxygens (including phenoxy) is 2. The normalized spacial score (nSPS) is 17.1. The Morgan fingerprint density at radius 2 is 0.845 bits per heavy atom. The maximum absolute atomic E-state index is 14.3. The van der Waals surface area contributed by atoms with Gasteiger partial charge in [0.15, 0.2) is 34.4 Å². The molecule has 6 saturated heterocycles. The Balaban J connectivity index is 0.000000143. The number of aromatic nitrogens is 12. The Morgan fingerprint density at radius 1 is 0.476 bits per heavy atom. The molecule has 0 aliphatic carbocycles. The zero-order valence-electron chi connectivity index (χ0n) is 58.8. The van der Waals surface area contributed by atoms with Crippen LogP contribution in [0.1, 0.15) is 129 Å². The molecule has 103 heavy (non-hydrogen) atoms. The van der Waals surface area contributed by atoms with Crippen molar-refractivity contribution in [2.45, 2.75) is 112 Å². The summed E-state index contributed by atoms with van der Waals surface area (Å²) in [5.41, 5.74) is 3.82. The third kappa shape index (κ3) is 18.0. The Hall–Kier alpha value is -9.85. The molecule has 0 aromatic carbocycles. The third-order valence-corrected chi connectivity index (χ3v) is 18.4. The van der Waals surface area contributed by atoms with Crippen molar-refractivity contribution in [1.29, 1.82) is 0 Å². The van der Waals surface area contributed by atoms with Gasteiger partial charge in [0, 0.05) is 144 Å². The van der Waals surface area contributed by atoms with Crippen molar-refractivity contribution < 1.29 is 46.6 Å². The number of aryl methyl sites for hydroxylation is 3. The van der Waals surface area contributed by atoms with Crippen molar-refractivity contribution in [3.05, 3.63) is 149 Å². The summed E-state index contributed by atoms with van der Waals surface area (Å²) in [6, 6.07) is 3.67. The first-order valence-corrected chi connectivity index (χ1v) is 34.2. The molecule has 546 valence electrons. The number of imidazole rings is 3. The summed E-state index contributed by atoms with van der Waals surface area (Å²) in [5, 5.41) is 14.8. The number of amides is 5. The summed E-state index contributed by atoms with van der Waals surface area (Å²) >= 11 is 5.60. The van der Waals surface area contributed by atoms with Crippen molar-refractivity contribution in [3.63, 3.8) is 0 Å². The van der Waals surface area contributed by atoms with Gasteiger partial charge in [-0.3, -0.25) is 14.4 Å². The monoisotopic (exact) mass is 1460 g/mol. The quantitative estimate of drug-likeness (QED) is 0.0944. The standard InChI is InChI=1S/C25H30FN7O3.C20H22FN7O.C13H9ClFN5O.C12H22N2O2.ClH/c1-16-11-32-12-17(8-18(26)21(32)29-16)30-22(34)19-9-28-20(10-27-19)33-14-25(15-33)6-5-7-31(13-25)23(35)36-24(2,3)4;1-13-8-27-9-14(5-15(21)18(27)25-13)26-19(29)16-6-24-17(7-23-16)28-11-20(12-28)3-2-4-22-10-20;1-7-5-20-6-8(2-9(15)12(20)18-7)19-13(21)10-3-17-11(14)4-16-10;1-11(2,3)16-10(15)14-6-4-5-12(9-14)7-13-8-12;/h8-12H,5-7,13-15H2,1-4H3,(H,30,34);5-9,22H,2-4,10-12H2,1H3,(H,26,29);2-6H,1H3,(H,19,21);13H,4-9H2,1-3H3;1H. The first kappa shape index (κ1) is 74.3. The van der Waals surface area contributed by atoms with E-state index in [4.69, 9.17) is 21.1 Å². The van der Waals surface area contributed by atoms with E-state index >= 15 is 0 Å². The molecule has 33 heteroatoms. The maximum Gasteiger partial charge on any atom is 0.410 e. The number of rotatable bonds is 8. The molecule has 5 N–H and O–H groups in total. The van der Waals surface area contributed by atoms with Crippen molar-refractivity contribution >= 4 is 99.6 Å². The van der Waals surface area contributed by atoms with Crippen LogP contribution in [0.5, 0.6) is 0 Å². The van der Waals surface area contributed by atoms with Gasteiger partial charge in [0.1, 0.15) is 45.1 Å². The van der Waals surface area contributed by atoms with Gasteiger partial charge >= 0.3 is 12.2 Å². The SMILES string of the molecule is CC(C)(C)OC(=O)N1CCCC2(CNC2)C1.Cc1cn2cc(NC(=O)c3cnc(Cl)cn3)cc(F)c2n1.Cc1cn2cc(NC(=O)c3cnc(N4CC5(CCCN(C(=O)OC(C)(C)C)C5)C4)cn3)cc(F)c2n1.Cc1cn2cc(NC(=O)c3cnc(N4CC5(CCCNC5)C4)cn3)cc(F)c2n1.Cl. The van der Waals surface area contributed by atoms with Gasteiger partial charge in [0.05, 0.1) is 71.3 Å². The molecule has 5 amide bonds. The van der Waals surface area contributed by atoms with Crippen molar-refractivity contribution in [2.75, 3.05) is 104 Å². The minimum atomic E-state index is -0.526. The summed E-state index contributed by atoms with van der Waals surface area (Å²) in [6.07, 6.45) is 24.7. The van der Waals surface area contributed by atoms with Gasteiger partial charge in [0.2, 0.25) is 0 Å². The predicted molar refractivity (Wildman–Crippen MR) is 383 cm³/mol. The number of hydrogen-bond acceptors (Lipinski definition) is 20. The van der Waals surface area contributed by atoms with Gasteiger partial charge in [-0.25, -0.2) is 67.6 Å². The molecule has 3 spiro atoms. The molecular weight excluding hydrogens is 1370 g/mol. The fraction of sp³-hybridized carbons (Fsp3) is 0.457. The van der Waals surface area contributed by atoms with Gasteiger partial charge in [-0.1, -0.05) is 11.6 Å². The predicted octanol–water partition coefficient (Wildman–Crippen LogP) is 10.2. The zero-order valence-corrected chi connectivity index (χ0v) is 60.4. The number of anilines is 5. The number of fused-ring (bicyclic) bond motifs is 3. The van der Waals surface area contributed by atoms with Crippen molar-refractivity contribution in [3.8, 4) is 0 Å². The average molecular weight is 1460 g/mol. The van der Waals surface area contributed by atoms with Crippen LogP contribution in [0.2, 0.25) is 5.15 Å². The van der Waals surface area contributed by atoms with Crippen LogP contribution in [-0.2, 0) is 9.47 Å². The van der Waals surface area contributed by atoms with Crippen molar-refractivity contribution in [1.82, 2.24) is 78.5 Å². The van der Waals surface area contributed by atoms with Crippen LogP contribution in [0, 0.1) is 54.5 Å². The molecule has 6 aliphatic rings. The van der Waals surface area contributed by atoms with Gasteiger partial charge in [-0.05, 0) is 107 Å². The third-order valence-electron chi connectivity index (χ3n) is 18.2. The second-order valence-corrected chi connectivity index (χ2v) is 29.7. The minimum absolute atomic E-state index is 0. The molecule has 0 atom stereocenters. The number of halogens is 5. The second kappa shape index (κ2) is 30.2. The lowest BCUT2D eigenvalue weighted by molar-refractivity contribution is -0.00715. The topological polar surface area (TPSA) is 306 Å². The number of piperidine rings is 3. The van der Waals surface area contributed by atoms with Gasteiger partial charge in [-0.2, -0.15) is 0 Å². The van der Waals surface area contributed by atoms with Crippen LogP contribution in [-0.4, -0.2) is 188 Å². The van der Waals surface area contributed by atoms with E-state index in [9.17, 15) is 37.1 Å². The van der Waals surface area contributed by atoms with E-state index in [0.717, 1.165) is 90.5 Å². The second-order valence-electron chi connectivity index (χ2n) is 29.3. The Kier molecular flexibility index (Phi) is 21.8. The molecule has 9 aromatic heterocycles. The van der Waals surface area contributed by atoms with Crippen LogP contribution < -0.4 is 36.4 Å². The molecular formula is C70H84Cl2F3N21O7. The average Bonchev–Trinajstić information content (AvgIpc) is 1.69.